The van der Waals surface area contributed by atoms with Crippen molar-refractivity contribution in [1.82, 2.24) is 5.32 Å². The van der Waals surface area contributed by atoms with Gasteiger partial charge in [-0.1, -0.05) is 32.3 Å². The molecule has 1 aliphatic rings. The van der Waals surface area contributed by atoms with Crippen LogP contribution >= 0.6 is 0 Å². The molecule has 7 heteroatoms. The largest absolute Gasteiger partial charge is 0.481 e. The number of carboxylic acids is 1. The van der Waals surface area contributed by atoms with Crippen LogP contribution in [0, 0.1) is 5.92 Å². The minimum atomic E-state index is -3.44. The van der Waals surface area contributed by atoms with Crippen LogP contribution < -0.4 is 5.32 Å². The summed E-state index contributed by atoms with van der Waals surface area (Å²) >= 11 is 0. The van der Waals surface area contributed by atoms with Crippen molar-refractivity contribution in [2.24, 2.45) is 5.92 Å². The lowest BCUT2D eigenvalue weighted by molar-refractivity contribution is -0.142. The highest BCUT2D eigenvalue weighted by atomic mass is 32.2. The summed E-state index contributed by atoms with van der Waals surface area (Å²) in [6.45, 7) is 1.85. The van der Waals surface area contributed by atoms with Gasteiger partial charge in [0.25, 0.3) is 5.91 Å². The molecule has 1 aromatic rings. The molecule has 1 aliphatic carbocycles. The minimum absolute atomic E-state index is 0.151. The molecular formula is C18H25NO5S. The van der Waals surface area contributed by atoms with Gasteiger partial charge in [-0.25, -0.2) is 8.42 Å². The van der Waals surface area contributed by atoms with E-state index in [1.54, 1.807) is 12.1 Å². The molecule has 1 saturated carbocycles. The molecule has 2 atom stereocenters. The lowest BCUT2D eigenvalue weighted by Crippen LogP contribution is -2.42. The molecular weight excluding hydrogens is 342 g/mol. The summed E-state index contributed by atoms with van der Waals surface area (Å²) in [6.07, 6.45) is 5.51. The van der Waals surface area contributed by atoms with E-state index in [0.29, 0.717) is 24.8 Å². The molecule has 1 amide bonds. The van der Waals surface area contributed by atoms with E-state index in [-0.39, 0.29) is 10.5 Å². The van der Waals surface area contributed by atoms with Gasteiger partial charge in [-0.15, -0.1) is 0 Å². The number of sulfone groups is 1. The van der Waals surface area contributed by atoms with Crippen LogP contribution in [0.1, 0.15) is 54.9 Å². The average Bonchev–Trinajstić information content (AvgIpc) is 2.78. The molecule has 0 bridgehead atoms. The predicted octanol–water partition coefficient (Wildman–Crippen LogP) is 2.42. The smallest absolute Gasteiger partial charge is 0.308 e. The molecule has 2 N–H and O–H groups in total. The first kappa shape index (κ1) is 19.4. The van der Waals surface area contributed by atoms with E-state index in [9.17, 15) is 23.1 Å². The van der Waals surface area contributed by atoms with Gasteiger partial charge in [-0.05, 0) is 37.0 Å². The van der Waals surface area contributed by atoms with E-state index in [1.165, 1.54) is 6.07 Å². The number of aliphatic carboxylic acids is 1. The van der Waals surface area contributed by atoms with Crippen molar-refractivity contribution in [1.29, 1.82) is 0 Å². The molecule has 0 aliphatic heterocycles. The maximum atomic E-state index is 12.6. The Bertz CT molecular complexity index is 757. The SMILES string of the molecule is CCc1ccc(C(=O)N[C@H]2CCCCC[C@H]2C(=O)O)cc1S(C)(=O)=O. The predicted molar refractivity (Wildman–Crippen MR) is 94.4 cm³/mol. The Labute approximate surface area is 148 Å². The van der Waals surface area contributed by atoms with Crippen molar-refractivity contribution in [3.63, 3.8) is 0 Å². The van der Waals surface area contributed by atoms with E-state index >= 15 is 0 Å². The maximum Gasteiger partial charge on any atom is 0.308 e. The number of aryl methyl sites for hydroxylation is 1. The third-order valence-corrected chi connectivity index (χ3v) is 5.94. The summed E-state index contributed by atoms with van der Waals surface area (Å²) in [5.41, 5.74) is 0.905. The molecule has 2 rings (SSSR count). The van der Waals surface area contributed by atoms with Gasteiger partial charge in [-0.3, -0.25) is 9.59 Å². The van der Waals surface area contributed by atoms with Gasteiger partial charge in [0.1, 0.15) is 0 Å². The number of carboxylic acid groups (broad SMARTS) is 1. The van der Waals surface area contributed by atoms with E-state index in [2.05, 4.69) is 5.32 Å². The number of benzene rings is 1. The zero-order chi connectivity index (χ0) is 18.6. The standard InChI is InChI=1S/C18H25NO5S/c1-3-12-9-10-13(11-16(12)25(2,23)24)17(20)19-15-8-6-4-5-7-14(15)18(21)22/h9-11,14-15H,3-8H2,1-2H3,(H,19,20)(H,21,22)/t14-,15+/m1/s1. The number of amides is 1. The normalized spacial score (nSPS) is 21.4. The van der Waals surface area contributed by atoms with Crippen molar-refractivity contribution in [2.45, 2.75) is 56.4 Å². The molecule has 0 spiro atoms. The Morgan fingerprint density at radius 3 is 2.48 bits per heavy atom. The number of nitrogens with one attached hydrogen (secondary N) is 1. The molecule has 0 unspecified atom stereocenters. The second-order valence-electron chi connectivity index (χ2n) is 6.61. The van der Waals surface area contributed by atoms with Crippen molar-refractivity contribution >= 4 is 21.7 Å². The summed E-state index contributed by atoms with van der Waals surface area (Å²) in [5, 5.41) is 12.2. The van der Waals surface area contributed by atoms with Crippen LogP contribution in [0.2, 0.25) is 0 Å². The first-order valence-corrected chi connectivity index (χ1v) is 10.5. The number of carbonyl (C=O) groups excluding carboxylic acids is 1. The minimum Gasteiger partial charge on any atom is -0.481 e. The van der Waals surface area contributed by atoms with Crippen molar-refractivity contribution in [2.75, 3.05) is 6.26 Å². The molecule has 0 heterocycles. The van der Waals surface area contributed by atoms with Gasteiger partial charge < -0.3 is 10.4 Å². The zero-order valence-corrected chi connectivity index (χ0v) is 15.4. The number of hydrogen-bond donors (Lipinski definition) is 2. The molecule has 25 heavy (non-hydrogen) atoms. The van der Waals surface area contributed by atoms with Crippen LogP contribution in [-0.4, -0.2) is 37.7 Å². The Kier molecular flexibility index (Phi) is 6.21. The molecule has 1 fully saturated rings. The first-order valence-electron chi connectivity index (χ1n) is 8.60. The van der Waals surface area contributed by atoms with Gasteiger partial charge in [0.05, 0.1) is 10.8 Å². The van der Waals surface area contributed by atoms with Crippen LogP contribution in [0.15, 0.2) is 23.1 Å². The summed E-state index contributed by atoms with van der Waals surface area (Å²) < 4.78 is 23.9. The van der Waals surface area contributed by atoms with Crippen LogP contribution in [0.5, 0.6) is 0 Å². The van der Waals surface area contributed by atoms with Crippen molar-refractivity contribution in [3.05, 3.63) is 29.3 Å². The fourth-order valence-electron chi connectivity index (χ4n) is 3.36. The highest BCUT2D eigenvalue weighted by Crippen LogP contribution is 2.25. The average molecular weight is 367 g/mol. The van der Waals surface area contributed by atoms with Crippen molar-refractivity contribution < 1.29 is 23.1 Å². The summed E-state index contributed by atoms with van der Waals surface area (Å²) in [5.74, 6) is -1.92. The fourth-order valence-corrected chi connectivity index (χ4v) is 4.39. The van der Waals surface area contributed by atoms with Crippen LogP contribution in [0.4, 0.5) is 0 Å². The van der Waals surface area contributed by atoms with Gasteiger partial charge in [0, 0.05) is 17.9 Å². The quantitative estimate of drug-likeness (QED) is 0.779. The third-order valence-electron chi connectivity index (χ3n) is 4.76. The zero-order valence-electron chi connectivity index (χ0n) is 14.6. The summed E-state index contributed by atoms with van der Waals surface area (Å²) in [4.78, 5) is 24.2. The van der Waals surface area contributed by atoms with Crippen LogP contribution in [0.3, 0.4) is 0 Å². The van der Waals surface area contributed by atoms with E-state index in [4.69, 9.17) is 0 Å². The number of hydrogen-bond acceptors (Lipinski definition) is 4. The van der Waals surface area contributed by atoms with Gasteiger partial charge >= 0.3 is 5.97 Å². The molecule has 0 aromatic heterocycles. The monoisotopic (exact) mass is 367 g/mol. The van der Waals surface area contributed by atoms with Crippen LogP contribution in [0.25, 0.3) is 0 Å². The van der Waals surface area contributed by atoms with E-state index < -0.39 is 33.7 Å². The lowest BCUT2D eigenvalue weighted by Gasteiger charge is -2.23. The second-order valence-corrected chi connectivity index (χ2v) is 8.60. The van der Waals surface area contributed by atoms with Crippen molar-refractivity contribution in [3.8, 4) is 0 Å². The van der Waals surface area contributed by atoms with Gasteiger partial charge in [-0.2, -0.15) is 0 Å². The molecule has 0 radical (unpaired) electrons. The molecule has 6 nitrogen and oxygen atoms in total. The molecule has 1 aromatic carbocycles. The summed E-state index contributed by atoms with van der Waals surface area (Å²) in [6, 6.07) is 4.19. The molecule has 0 saturated heterocycles. The summed E-state index contributed by atoms with van der Waals surface area (Å²) in [7, 11) is -3.44. The van der Waals surface area contributed by atoms with E-state index in [1.807, 2.05) is 6.92 Å². The lowest BCUT2D eigenvalue weighted by atomic mass is 9.94. The Hall–Kier alpha value is -1.89. The Balaban J connectivity index is 2.26. The van der Waals surface area contributed by atoms with Crippen LogP contribution in [-0.2, 0) is 21.1 Å². The third kappa shape index (κ3) is 4.81. The topological polar surface area (TPSA) is 101 Å². The maximum absolute atomic E-state index is 12.6. The van der Waals surface area contributed by atoms with Gasteiger partial charge in [0.2, 0.25) is 0 Å². The highest BCUT2D eigenvalue weighted by Gasteiger charge is 2.31. The first-order chi connectivity index (χ1) is 11.7. The number of rotatable bonds is 5. The fraction of sp³-hybridized carbons (Fsp3) is 0.556. The van der Waals surface area contributed by atoms with Gasteiger partial charge in [0.15, 0.2) is 9.84 Å². The Morgan fingerprint density at radius 2 is 1.88 bits per heavy atom. The molecule has 138 valence electrons. The Morgan fingerprint density at radius 1 is 1.20 bits per heavy atom. The number of carbonyl (C=O) groups is 2. The van der Waals surface area contributed by atoms with E-state index in [0.717, 1.165) is 25.5 Å². The highest BCUT2D eigenvalue weighted by molar-refractivity contribution is 7.90. The second kappa shape index (κ2) is 7.99.